The Kier molecular flexibility index (Phi) is 15.6. The first-order valence-electron chi connectivity index (χ1n) is 10.8. The molecule has 0 unspecified atom stereocenters. The molecule has 1 aromatic rings. The molecule has 1 atom stereocenters. The van der Waals surface area contributed by atoms with Crippen LogP contribution in [-0.4, -0.2) is 16.6 Å². The first-order valence-corrected chi connectivity index (χ1v) is 12.3. The molecule has 27 heavy (non-hydrogen) atoms. The van der Waals surface area contributed by atoms with Gasteiger partial charge in [0.2, 0.25) is 0 Å². The van der Waals surface area contributed by atoms with Crippen molar-refractivity contribution in [2.45, 2.75) is 96.6 Å². The molecule has 0 saturated carbocycles. The van der Waals surface area contributed by atoms with Gasteiger partial charge in [0.05, 0.1) is 0 Å². The largest absolute Gasteiger partial charge is 0.445 e. The molecular formula is C23H38INO2. The standard InChI is InChI=1S/C23H38INO2/c1-2-3-4-5-6-7-8-9-10-14-17-22(18-19-24)25-23(26)27-20-21-15-12-11-13-16-21/h11-13,15-16,22H,2-10,14,17-20H2,1H3,(H,25,26)/t22-/m1/s1. The van der Waals surface area contributed by atoms with Crippen LogP contribution in [0.3, 0.4) is 0 Å². The fraction of sp³-hybridized carbons (Fsp3) is 0.696. The second-order valence-electron chi connectivity index (χ2n) is 7.35. The minimum absolute atomic E-state index is 0.235. The molecular weight excluding hydrogens is 449 g/mol. The van der Waals surface area contributed by atoms with Crippen LogP contribution in [-0.2, 0) is 11.3 Å². The van der Waals surface area contributed by atoms with Crippen molar-refractivity contribution in [1.82, 2.24) is 5.32 Å². The molecule has 1 amide bonds. The van der Waals surface area contributed by atoms with E-state index in [1.807, 2.05) is 30.3 Å². The number of carbonyl (C=O) groups is 1. The van der Waals surface area contributed by atoms with E-state index in [1.165, 1.54) is 64.2 Å². The summed E-state index contributed by atoms with van der Waals surface area (Å²) in [6.07, 6.45) is 15.2. The summed E-state index contributed by atoms with van der Waals surface area (Å²) < 4.78 is 6.41. The lowest BCUT2D eigenvalue weighted by atomic mass is 10.0. The Morgan fingerprint density at radius 1 is 0.926 bits per heavy atom. The van der Waals surface area contributed by atoms with E-state index in [1.54, 1.807) is 0 Å². The molecule has 0 saturated heterocycles. The molecule has 1 N–H and O–H groups in total. The Morgan fingerprint density at radius 3 is 2.11 bits per heavy atom. The van der Waals surface area contributed by atoms with E-state index in [0.29, 0.717) is 6.61 Å². The quantitative estimate of drug-likeness (QED) is 0.150. The summed E-state index contributed by atoms with van der Waals surface area (Å²) >= 11 is 2.38. The Hall–Kier alpha value is -0.780. The highest BCUT2D eigenvalue weighted by molar-refractivity contribution is 14.1. The van der Waals surface area contributed by atoms with E-state index in [9.17, 15) is 4.79 Å². The molecule has 0 fully saturated rings. The third-order valence-electron chi connectivity index (χ3n) is 4.90. The van der Waals surface area contributed by atoms with E-state index in [-0.39, 0.29) is 12.1 Å². The molecule has 0 aliphatic heterocycles. The lowest BCUT2D eigenvalue weighted by Crippen LogP contribution is -2.35. The molecule has 0 bridgehead atoms. The van der Waals surface area contributed by atoms with E-state index in [2.05, 4.69) is 34.8 Å². The minimum Gasteiger partial charge on any atom is -0.445 e. The van der Waals surface area contributed by atoms with Gasteiger partial charge in [0.15, 0.2) is 0 Å². The van der Waals surface area contributed by atoms with Crippen LogP contribution < -0.4 is 5.32 Å². The molecule has 0 radical (unpaired) electrons. The summed E-state index contributed by atoms with van der Waals surface area (Å²) in [5.41, 5.74) is 1.02. The van der Waals surface area contributed by atoms with E-state index in [4.69, 9.17) is 4.74 Å². The smallest absolute Gasteiger partial charge is 0.407 e. The topological polar surface area (TPSA) is 38.3 Å². The fourth-order valence-electron chi connectivity index (χ4n) is 3.23. The van der Waals surface area contributed by atoms with Crippen molar-refractivity contribution in [3.63, 3.8) is 0 Å². The highest BCUT2D eigenvalue weighted by Crippen LogP contribution is 2.13. The van der Waals surface area contributed by atoms with E-state index in [0.717, 1.165) is 22.8 Å². The number of benzene rings is 1. The number of nitrogens with one attached hydrogen (secondary N) is 1. The number of alkyl carbamates (subject to hydrolysis) is 1. The van der Waals surface area contributed by atoms with Gasteiger partial charge in [0.25, 0.3) is 0 Å². The van der Waals surface area contributed by atoms with Crippen LogP contribution in [0.5, 0.6) is 0 Å². The molecule has 1 aromatic carbocycles. The Balaban J connectivity index is 2.08. The second-order valence-corrected chi connectivity index (χ2v) is 8.43. The van der Waals surface area contributed by atoms with Gasteiger partial charge in [0.1, 0.15) is 6.61 Å². The number of amides is 1. The van der Waals surface area contributed by atoms with Crippen molar-refractivity contribution in [2.24, 2.45) is 0 Å². The van der Waals surface area contributed by atoms with Gasteiger partial charge in [0, 0.05) is 10.5 Å². The molecule has 0 aromatic heterocycles. The molecule has 0 heterocycles. The van der Waals surface area contributed by atoms with Crippen molar-refractivity contribution in [3.8, 4) is 0 Å². The van der Waals surface area contributed by atoms with Gasteiger partial charge >= 0.3 is 6.09 Å². The minimum atomic E-state index is -0.291. The zero-order valence-corrected chi connectivity index (χ0v) is 19.2. The summed E-state index contributed by atoms with van der Waals surface area (Å²) in [6, 6.07) is 10.1. The zero-order chi connectivity index (χ0) is 19.6. The number of ether oxygens (including phenoxy) is 1. The first-order chi connectivity index (χ1) is 13.3. The van der Waals surface area contributed by atoms with Gasteiger partial charge in [-0.1, -0.05) is 124 Å². The van der Waals surface area contributed by atoms with E-state index < -0.39 is 0 Å². The summed E-state index contributed by atoms with van der Waals surface area (Å²) in [7, 11) is 0. The van der Waals surface area contributed by atoms with Crippen molar-refractivity contribution >= 4 is 28.7 Å². The lowest BCUT2D eigenvalue weighted by Gasteiger charge is -2.17. The monoisotopic (exact) mass is 487 g/mol. The predicted molar refractivity (Wildman–Crippen MR) is 124 cm³/mol. The number of halogens is 1. The average molecular weight is 487 g/mol. The van der Waals surface area contributed by atoms with Gasteiger partial charge in [-0.15, -0.1) is 0 Å². The molecule has 0 aliphatic rings. The number of rotatable bonds is 16. The molecule has 4 heteroatoms. The third-order valence-corrected chi connectivity index (χ3v) is 5.52. The van der Waals surface area contributed by atoms with Gasteiger partial charge in [-0.25, -0.2) is 4.79 Å². The van der Waals surface area contributed by atoms with Gasteiger partial charge in [-0.2, -0.15) is 0 Å². The molecule has 1 rings (SSSR count). The SMILES string of the molecule is CCCCCCCCCCCC[C@H](CCI)NC(=O)OCc1ccccc1. The number of alkyl halides is 1. The van der Waals surface area contributed by atoms with Crippen LogP contribution in [0.2, 0.25) is 0 Å². The predicted octanol–water partition coefficient (Wildman–Crippen LogP) is 7.42. The average Bonchev–Trinajstić information content (AvgIpc) is 2.68. The number of carbonyl (C=O) groups excluding carboxylic acids is 1. The Morgan fingerprint density at radius 2 is 1.52 bits per heavy atom. The van der Waals surface area contributed by atoms with Crippen molar-refractivity contribution < 1.29 is 9.53 Å². The summed E-state index contributed by atoms with van der Waals surface area (Å²) in [5, 5.41) is 3.05. The molecule has 0 spiro atoms. The second kappa shape index (κ2) is 17.3. The third kappa shape index (κ3) is 14.0. The van der Waals surface area contributed by atoms with E-state index >= 15 is 0 Å². The van der Waals surface area contributed by atoms with Crippen LogP contribution in [0.1, 0.15) is 89.5 Å². The summed E-state index contributed by atoms with van der Waals surface area (Å²) in [5.74, 6) is 0. The van der Waals surface area contributed by atoms with Gasteiger partial charge < -0.3 is 10.1 Å². The van der Waals surface area contributed by atoms with Gasteiger partial charge in [-0.05, 0) is 18.4 Å². The fourth-order valence-corrected chi connectivity index (χ4v) is 3.98. The maximum Gasteiger partial charge on any atom is 0.407 e. The Bertz CT molecular complexity index is 467. The molecule has 0 aliphatic carbocycles. The van der Waals surface area contributed by atoms with Gasteiger partial charge in [-0.3, -0.25) is 0 Å². The first kappa shape index (κ1) is 24.3. The van der Waals surface area contributed by atoms with Crippen LogP contribution >= 0.6 is 22.6 Å². The summed E-state index contributed by atoms with van der Waals surface area (Å²) in [6.45, 7) is 2.60. The van der Waals surface area contributed by atoms with Crippen molar-refractivity contribution in [1.29, 1.82) is 0 Å². The normalized spacial score (nSPS) is 11.9. The maximum absolute atomic E-state index is 12.0. The van der Waals surface area contributed by atoms with Crippen LogP contribution in [0.4, 0.5) is 4.79 Å². The molecule has 154 valence electrons. The number of unbranched alkanes of at least 4 members (excludes halogenated alkanes) is 9. The Labute approximate surface area is 180 Å². The molecule has 3 nitrogen and oxygen atoms in total. The van der Waals surface area contributed by atoms with Crippen molar-refractivity contribution in [3.05, 3.63) is 35.9 Å². The van der Waals surface area contributed by atoms with Crippen molar-refractivity contribution in [2.75, 3.05) is 4.43 Å². The maximum atomic E-state index is 12.0. The highest BCUT2D eigenvalue weighted by Gasteiger charge is 2.12. The van der Waals surface area contributed by atoms with Crippen LogP contribution in [0, 0.1) is 0 Å². The lowest BCUT2D eigenvalue weighted by molar-refractivity contribution is 0.134. The van der Waals surface area contributed by atoms with Crippen LogP contribution in [0.15, 0.2) is 30.3 Å². The zero-order valence-electron chi connectivity index (χ0n) is 17.1. The summed E-state index contributed by atoms with van der Waals surface area (Å²) in [4.78, 5) is 12.0. The highest BCUT2D eigenvalue weighted by atomic mass is 127. The van der Waals surface area contributed by atoms with Crippen LogP contribution in [0.25, 0.3) is 0 Å². The number of hydrogen-bond acceptors (Lipinski definition) is 2. The number of hydrogen-bond donors (Lipinski definition) is 1.